The summed E-state index contributed by atoms with van der Waals surface area (Å²) in [6.45, 7) is 3.88. The SMILES string of the molecule is Cl.Cl.O=c1[nH]cc(-c2cccc(CO)c2)cc1-c1nc2ccc(N3CCNCC3)cc2[nH]1. The number of aromatic nitrogens is 3. The van der Waals surface area contributed by atoms with Crippen LogP contribution in [0.3, 0.4) is 0 Å². The molecular formula is C23H25Cl2N5O2. The van der Waals surface area contributed by atoms with Gasteiger partial charge >= 0.3 is 0 Å². The van der Waals surface area contributed by atoms with Crippen molar-refractivity contribution in [1.29, 1.82) is 0 Å². The van der Waals surface area contributed by atoms with Gasteiger partial charge in [-0.1, -0.05) is 18.2 Å². The number of pyridine rings is 1. The molecule has 4 aromatic rings. The number of benzene rings is 2. The minimum Gasteiger partial charge on any atom is -0.392 e. The van der Waals surface area contributed by atoms with Crippen molar-refractivity contribution in [2.24, 2.45) is 0 Å². The van der Waals surface area contributed by atoms with E-state index in [0.29, 0.717) is 11.4 Å². The van der Waals surface area contributed by atoms with Crippen LogP contribution in [0.15, 0.2) is 59.5 Å². The summed E-state index contributed by atoms with van der Waals surface area (Å²) in [6, 6.07) is 15.6. The monoisotopic (exact) mass is 473 g/mol. The first kappa shape index (κ1) is 23.8. The lowest BCUT2D eigenvalue weighted by atomic mass is 10.0. The van der Waals surface area contributed by atoms with E-state index in [0.717, 1.165) is 59.6 Å². The van der Waals surface area contributed by atoms with Gasteiger partial charge in [0.2, 0.25) is 0 Å². The van der Waals surface area contributed by atoms with E-state index in [-0.39, 0.29) is 37.0 Å². The van der Waals surface area contributed by atoms with Crippen LogP contribution in [-0.2, 0) is 6.61 Å². The van der Waals surface area contributed by atoms with Gasteiger partial charge in [-0.05, 0) is 47.0 Å². The first-order valence-electron chi connectivity index (χ1n) is 10.1. The first-order chi connectivity index (χ1) is 14.7. The van der Waals surface area contributed by atoms with Crippen molar-refractivity contribution < 1.29 is 5.11 Å². The van der Waals surface area contributed by atoms with Crippen LogP contribution in [-0.4, -0.2) is 46.2 Å². The Morgan fingerprint density at radius 2 is 1.81 bits per heavy atom. The van der Waals surface area contributed by atoms with Gasteiger partial charge < -0.3 is 25.3 Å². The fourth-order valence-corrected chi connectivity index (χ4v) is 3.92. The summed E-state index contributed by atoms with van der Waals surface area (Å²) in [4.78, 5) is 25.7. The van der Waals surface area contributed by atoms with Crippen LogP contribution < -0.4 is 15.8 Å². The highest BCUT2D eigenvalue weighted by molar-refractivity contribution is 5.86. The fourth-order valence-electron chi connectivity index (χ4n) is 3.92. The average molecular weight is 474 g/mol. The second-order valence-electron chi connectivity index (χ2n) is 7.51. The molecule has 1 fully saturated rings. The van der Waals surface area contributed by atoms with Gasteiger partial charge in [-0.2, -0.15) is 0 Å². The van der Waals surface area contributed by atoms with Gasteiger partial charge in [0.1, 0.15) is 5.82 Å². The van der Waals surface area contributed by atoms with Gasteiger partial charge in [-0.3, -0.25) is 4.79 Å². The Bertz CT molecular complexity index is 1260. The standard InChI is InChI=1S/C23H23N5O2.2ClH/c29-14-15-2-1-3-16(10-15)17-11-19(23(30)25-13-17)22-26-20-5-4-18(12-21(20)27-22)28-8-6-24-7-9-28;;/h1-5,10-13,24,29H,6-9,14H2,(H,25,30)(H,26,27);2*1H. The van der Waals surface area contributed by atoms with Gasteiger partial charge in [-0.15, -0.1) is 24.8 Å². The average Bonchev–Trinajstić information content (AvgIpc) is 3.23. The fraction of sp³-hybridized carbons (Fsp3) is 0.217. The number of nitrogens with zero attached hydrogens (tertiary/aromatic N) is 2. The Morgan fingerprint density at radius 1 is 1.00 bits per heavy atom. The molecule has 0 unspecified atom stereocenters. The minimum atomic E-state index is -0.196. The van der Waals surface area contributed by atoms with Crippen LogP contribution in [0.2, 0.25) is 0 Å². The molecule has 5 rings (SSSR count). The number of anilines is 1. The van der Waals surface area contributed by atoms with Gasteiger partial charge in [0.25, 0.3) is 5.56 Å². The minimum absolute atomic E-state index is 0. The Hall–Kier alpha value is -2.84. The Labute approximate surface area is 197 Å². The number of aliphatic hydroxyl groups excluding tert-OH is 1. The number of piperazine rings is 1. The van der Waals surface area contributed by atoms with Crippen LogP contribution in [0.25, 0.3) is 33.5 Å². The van der Waals surface area contributed by atoms with Crippen molar-refractivity contribution in [1.82, 2.24) is 20.3 Å². The summed E-state index contributed by atoms with van der Waals surface area (Å²) >= 11 is 0. The third-order valence-electron chi connectivity index (χ3n) is 5.55. The van der Waals surface area contributed by atoms with E-state index in [1.165, 1.54) is 0 Å². The number of aliphatic hydroxyl groups is 1. The Morgan fingerprint density at radius 3 is 2.59 bits per heavy atom. The van der Waals surface area contributed by atoms with Crippen LogP contribution in [0.5, 0.6) is 0 Å². The zero-order chi connectivity index (χ0) is 20.5. The highest BCUT2D eigenvalue weighted by Gasteiger charge is 2.14. The van der Waals surface area contributed by atoms with E-state index < -0.39 is 0 Å². The molecule has 0 saturated carbocycles. The van der Waals surface area contributed by atoms with Gasteiger partial charge in [0.15, 0.2) is 0 Å². The highest BCUT2D eigenvalue weighted by Crippen LogP contribution is 2.26. The molecule has 7 nitrogen and oxygen atoms in total. The number of aromatic amines is 2. The third-order valence-corrected chi connectivity index (χ3v) is 5.55. The molecule has 9 heteroatoms. The molecule has 2 aromatic heterocycles. The molecule has 1 aliphatic heterocycles. The van der Waals surface area contributed by atoms with E-state index in [4.69, 9.17) is 0 Å². The number of halogens is 2. The van der Waals surface area contributed by atoms with Crippen LogP contribution in [0, 0.1) is 0 Å². The maximum Gasteiger partial charge on any atom is 0.259 e. The smallest absolute Gasteiger partial charge is 0.259 e. The molecule has 2 aromatic carbocycles. The maximum atomic E-state index is 12.5. The van der Waals surface area contributed by atoms with E-state index in [2.05, 4.69) is 37.3 Å². The summed E-state index contributed by atoms with van der Waals surface area (Å²) in [6.07, 6.45) is 1.69. The molecule has 0 amide bonds. The zero-order valence-electron chi connectivity index (χ0n) is 17.3. The van der Waals surface area contributed by atoms with Crippen molar-refractivity contribution in [3.63, 3.8) is 0 Å². The van der Waals surface area contributed by atoms with E-state index in [9.17, 15) is 9.90 Å². The van der Waals surface area contributed by atoms with E-state index in [1.54, 1.807) is 6.20 Å². The van der Waals surface area contributed by atoms with Gasteiger partial charge in [0, 0.05) is 38.1 Å². The predicted octanol–water partition coefficient (Wildman–Crippen LogP) is 3.33. The molecule has 32 heavy (non-hydrogen) atoms. The highest BCUT2D eigenvalue weighted by atomic mass is 35.5. The van der Waals surface area contributed by atoms with Crippen molar-refractivity contribution in [3.8, 4) is 22.5 Å². The van der Waals surface area contributed by atoms with Crippen molar-refractivity contribution in [3.05, 3.63) is 70.6 Å². The van der Waals surface area contributed by atoms with E-state index >= 15 is 0 Å². The number of hydrogen-bond acceptors (Lipinski definition) is 5. The maximum absolute atomic E-state index is 12.5. The molecule has 0 spiro atoms. The lowest BCUT2D eigenvalue weighted by Crippen LogP contribution is -2.43. The van der Waals surface area contributed by atoms with E-state index in [1.807, 2.05) is 36.4 Å². The van der Waals surface area contributed by atoms with Crippen molar-refractivity contribution in [2.45, 2.75) is 6.61 Å². The first-order valence-corrected chi connectivity index (χ1v) is 10.1. The predicted molar refractivity (Wildman–Crippen MR) is 133 cm³/mol. The molecule has 0 atom stereocenters. The van der Waals surface area contributed by atoms with Crippen LogP contribution >= 0.6 is 24.8 Å². The number of H-pyrrole nitrogens is 2. The molecule has 0 bridgehead atoms. The van der Waals surface area contributed by atoms with Gasteiger partial charge in [0.05, 0.1) is 23.2 Å². The Balaban J connectivity index is 0.00000144. The molecule has 1 aliphatic rings. The second-order valence-corrected chi connectivity index (χ2v) is 7.51. The Kier molecular flexibility index (Phi) is 7.58. The largest absolute Gasteiger partial charge is 0.392 e. The lowest BCUT2D eigenvalue weighted by molar-refractivity contribution is 0.282. The molecule has 0 radical (unpaired) electrons. The van der Waals surface area contributed by atoms with Crippen molar-refractivity contribution >= 4 is 41.5 Å². The summed E-state index contributed by atoms with van der Waals surface area (Å²) in [5, 5.41) is 12.8. The molecular weight excluding hydrogens is 449 g/mol. The number of fused-ring (bicyclic) bond motifs is 1. The third kappa shape index (κ3) is 4.66. The zero-order valence-corrected chi connectivity index (χ0v) is 18.9. The van der Waals surface area contributed by atoms with Crippen LogP contribution in [0.4, 0.5) is 5.69 Å². The summed E-state index contributed by atoms with van der Waals surface area (Å²) in [5.41, 5.74) is 5.80. The summed E-state index contributed by atoms with van der Waals surface area (Å²) in [5.74, 6) is 0.545. The molecule has 1 saturated heterocycles. The molecule has 168 valence electrons. The van der Waals surface area contributed by atoms with Crippen LogP contribution in [0.1, 0.15) is 5.56 Å². The summed E-state index contributed by atoms with van der Waals surface area (Å²) < 4.78 is 0. The van der Waals surface area contributed by atoms with Crippen molar-refractivity contribution in [2.75, 3.05) is 31.1 Å². The molecule has 4 N–H and O–H groups in total. The number of nitrogens with one attached hydrogen (secondary N) is 3. The number of hydrogen-bond donors (Lipinski definition) is 4. The van der Waals surface area contributed by atoms with Gasteiger partial charge in [-0.25, -0.2) is 4.98 Å². The summed E-state index contributed by atoms with van der Waals surface area (Å²) in [7, 11) is 0. The second kappa shape index (κ2) is 10.2. The molecule has 3 heterocycles. The molecule has 0 aliphatic carbocycles. The lowest BCUT2D eigenvalue weighted by Gasteiger charge is -2.29. The normalized spacial score (nSPS) is 13.5. The number of rotatable bonds is 4. The number of imidazole rings is 1. The topological polar surface area (TPSA) is 97.0 Å². The quantitative estimate of drug-likeness (QED) is 0.364.